The molecule has 1 N–H and O–H groups in total. The number of likely N-dealkylation sites (tertiary alicyclic amines) is 1. The third-order valence-corrected chi connectivity index (χ3v) is 2.49. The van der Waals surface area contributed by atoms with E-state index >= 15 is 0 Å². The molecule has 12 heavy (non-hydrogen) atoms. The van der Waals surface area contributed by atoms with Gasteiger partial charge in [0, 0.05) is 19.6 Å². The molecular formula is C10H16N2. The Balaban J connectivity index is 1.97. The predicted molar refractivity (Wildman–Crippen MR) is 50.6 cm³/mol. The molecule has 2 heterocycles. The van der Waals surface area contributed by atoms with Gasteiger partial charge in [0.2, 0.25) is 0 Å². The molecule has 0 spiro atoms. The highest BCUT2D eigenvalue weighted by Crippen LogP contribution is 2.13. The van der Waals surface area contributed by atoms with Gasteiger partial charge in [0.15, 0.2) is 0 Å². The monoisotopic (exact) mass is 164 g/mol. The maximum atomic E-state index is 3.39. The normalized spacial score (nSPS) is 23.3. The SMILES string of the molecule is C1=CCNC(N2CCCCC2)=C1. The van der Waals surface area contributed by atoms with Crippen LogP contribution in [0.5, 0.6) is 0 Å². The summed E-state index contributed by atoms with van der Waals surface area (Å²) in [7, 11) is 0. The highest BCUT2D eigenvalue weighted by Gasteiger charge is 2.12. The van der Waals surface area contributed by atoms with Crippen LogP contribution in [-0.2, 0) is 0 Å². The van der Waals surface area contributed by atoms with Crippen LogP contribution in [0.15, 0.2) is 24.0 Å². The molecule has 0 aromatic heterocycles. The molecule has 0 unspecified atom stereocenters. The molecule has 2 nitrogen and oxygen atoms in total. The van der Waals surface area contributed by atoms with E-state index in [9.17, 15) is 0 Å². The summed E-state index contributed by atoms with van der Waals surface area (Å²) in [5.74, 6) is 1.32. The van der Waals surface area contributed by atoms with Gasteiger partial charge in [-0.05, 0) is 25.3 Å². The number of nitrogens with zero attached hydrogens (tertiary/aromatic N) is 1. The van der Waals surface area contributed by atoms with Crippen molar-refractivity contribution in [3.63, 3.8) is 0 Å². The molecule has 0 bridgehead atoms. The first-order valence-electron chi connectivity index (χ1n) is 4.82. The minimum atomic E-state index is 0.988. The summed E-state index contributed by atoms with van der Waals surface area (Å²) in [6, 6.07) is 0. The fourth-order valence-electron chi connectivity index (χ4n) is 1.80. The van der Waals surface area contributed by atoms with E-state index in [-0.39, 0.29) is 0 Å². The van der Waals surface area contributed by atoms with Gasteiger partial charge in [0.05, 0.1) is 0 Å². The number of rotatable bonds is 1. The summed E-state index contributed by atoms with van der Waals surface area (Å²) in [6.07, 6.45) is 10.6. The van der Waals surface area contributed by atoms with Crippen LogP contribution in [0.2, 0.25) is 0 Å². The Morgan fingerprint density at radius 1 is 1.17 bits per heavy atom. The molecule has 2 rings (SSSR count). The van der Waals surface area contributed by atoms with Crippen molar-refractivity contribution in [2.75, 3.05) is 19.6 Å². The molecule has 2 aliphatic rings. The summed E-state index contributed by atoms with van der Waals surface area (Å²) >= 11 is 0. The Kier molecular flexibility index (Phi) is 2.35. The Bertz CT molecular complexity index is 200. The number of nitrogens with one attached hydrogen (secondary N) is 1. The lowest BCUT2D eigenvalue weighted by Crippen LogP contribution is -2.36. The van der Waals surface area contributed by atoms with Crippen LogP contribution in [0.3, 0.4) is 0 Å². The molecule has 0 atom stereocenters. The van der Waals surface area contributed by atoms with E-state index in [4.69, 9.17) is 0 Å². The highest BCUT2D eigenvalue weighted by molar-refractivity contribution is 5.16. The van der Waals surface area contributed by atoms with Crippen LogP contribution in [0, 0.1) is 0 Å². The van der Waals surface area contributed by atoms with Gasteiger partial charge in [-0.1, -0.05) is 12.2 Å². The third-order valence-electron chi connectivity index (χ3n) is 2.49. The van der Waals surface area contributed by atoms with E-state index in [0.29, 0.717) is 0 Å². The molecule has 0 aromatic rings. The fourth-order valence-corrected chi connectivity index (χ4v) is 1.80. The Morgan fingerprint density at radius 3 is 2.67 bits per heavy atom. The number of piperidine rings is 1. The smallest absolute Gasteiger partial charge is 0.101 e. The average Bonchev–Trinajstić information content (AvgIpc) is 2.21. The molecular weight excluding hydrogens is 148 g/mol. The zero-order chi connectivity index (χ0) is 8.23. The first kappa shape index (κ1) is 7.71. The minimum absolute atomic E-state index is 0.988. The molecule has 1 fully saturated rings. The van der Waals surface area contributed by atoms with E-state index in [1.165, 1.54) is 38.2 Å². The van der Waals surface area contributed by atoms with E-state index < -0.39 is 0 Å². The van der Waals surface area contributed by atoms with Gasteiger partial charge in [-0.3, -0.25) is 0 Å². The van der Waals surface area contributed by atoms with Gasteiger partial charge in [-0.25, -0.2) is 0 Å². The first-order valence-corrected chi connectivity index (χ1v) is 4.82. The maximum absolute atomic E-state index is 3.39. The van der Waals surface area contributed by atoms with Gasteiger partial charge in [0.25, 0.3) is 0 Å². The standard InChI is InChI=1S/C10H16N2/c1-4-8-12(9-5-1)10-6-2-3-7-11-10/h2-3,6,11H,1,4-5,7-9H2. The molecule has 0 aromatic carbocycles. The Labute approximate surface area is 73.9 Å². The molecule has 0 radical (unpaired) electrons. The van der Waals surface area contributed by atoms with Gasteiger partial charge in [0.1, 0.15) is 5.82 Å². The van der Waals surface area contributed by atoms with Crippen LogP contribution in [0.1, 0.15) is 19.3 Å². The molecule has 66 valence electrons. The van der Waals surface area contributed by atoms with Gasteiger partial charge >= 0.3 is 0 Å². The highest BCUT2D eigenvalue weighted by atomic mass is 15.2. The molecule has 0 saturated carbocycles. The van der Waals surface area contributed by atoms with Gasteiger partial charge in [-0.15, -0.1) is 0 Å². The summed E-state index contributed by atoms with van der Waals surface area (Å²) in [4.78, 5) is 2.45. The van der Waals surface area contributed by atoms with Crippen molar-refractivity contribution in [1.82, 2.24) is 10.2 Å². The van der Waals surface area contributed by atoms with E-state index in [0.717, 1.165) is 6.54 Å². The van der Waals surface area contributed by atoms with Crippen LogP contribution in [0.4, 0.5) is 0 Å². The predicted octanol–water partition coefficient (Wildman–Crippen LogP) is 1.47. The largest absolute Gasteiger partial charge is 0.368 e. The number of hydrogen-bond acceptors (Lipinski definition) is 2. The van der Waals surface area contributed by atoms with Crippen LogP contribution in [0.25, 0.3) is 0 Å². The zero-order valence-electron chi connectivity index (χ0n) is 7.42. The second kappa shape index (κ2) is 3.65. The molecule has 0 aliphatic carbocycles. The van der Waals surface area contributed by atoms with E-state index in [1.54, 1.807) is 0 Å². The van der Waals surface area contributed by atoms with Crippen LogP contribution < -0.4 is 5.32 Å². The van der Waals surface area contributed by atoms with Gasteiger partial charge in [-0.2, -0.15) is 0 Å². The topological polar surface area (TPSA) is 15.3 Å². The van der Waals surface area contributed by atoms with Crippen LogP contribution >= 0.6 is 0 Å². The number of hydrogen-bond donors (Lipinski definition) is 1. The quantitative estimate of drug-likeness (QED) is 0.631. The zero-order valence-corrected chi connectivity index (χ0v) is 7.42. The van der Waals surface area contributed by atoms with Crippen molar-refractivity contribution in [2.45, 2.75) is 19.3 Å². The lowest BCUT2D eigenvalue weighted by Gasteiger charge is -2.32. The Morgan fingerprint density at radius 2 is 2.00 bits per heavy atom. The average molecular weight is 164 g/mol. The van der Waals surface area contributed by atoms with E-state index in [1.807, 2.05) is 0 Å². The summed E-state index contributed by atoms with van der Waals surface area (Å²) in [6.45, 7) is 3.45. The van der Waals surface area contributed by atoms with Gasteiger partial charge < -0.3 is 10.2 Å². The maximum Gasteiger partial charge on any atom is 0.101 e. The number of allylic oxidation sites excluding steroid dienone is 2. The van der Waals surface area contributed by atoms with Crippen molar-refractivity contribution in [2.24, 2.45) is 0 Å². The fraction of sp³-hybridized carbons (Fsp3) is 0.600. The molecule has 0 amide bonds. The van der Waals surface area contributed by atoms with Crippen molar-refractivity contribution < 1.29 is 0 Å². The summed E-state index contributed by atoms with van der Waals surface area (Å²) < 4.78 is 0. The van der Waals surface area contributed by atoms with Crippen molar-refractivity contribution in [3.05, 3.63) is 24.0 Å². The summed E-state index contributed by atoms with van der Waals surface area (Å²) in [5.41, 5.74) is 0. The van der Waals surface area contributed by atoms with E-state index in [2.05, 4.69) is 28.4 Å². The lowest BCUT2D eigenvalue weighted by molar-refractivity contribution is 0.269. The minimum Gasteiger partial charge on any atom is -0.368 e. The van der Waals surface area contributed by atoms with Crippen molar-refractivity contribution in [1.29, 1.82) is 0 Å². The Hall–Kier alpha value is -0.920. The molecule has 2 heteroatoms. The van der Waals surface area contributed by atoms with Crippen molar-refractivity contribution >= 4 is 0 Å². The molecule has 2 aliphatic heterocycles. The van der Waals surface area contributed by atoms with Crippen molar-refractivity contribution in [3.8, 4) is 0 Å². The molecule has 1 saturated heterocycles. The first-order chi connectivity index (χ1) is 5.97. The third kappa shape index (κ3) is 1.63. The number of dihydropyridines is 1. The summed E-state index contributed by atoms with van der Waals surface area (Å²) in [5, 5.41) is 3.39. The second-order valence-corrected chi connectivity index (χ2v) is 3.41. The second-order valence-electron chi connectivity index (χ2n) is 3.41. The lowest BCUT2D eigenvalue weighted by atomic mass is 10.1. The van der Waals surface area contributed by atoms with Crippen LogP contribution in [-0.4, -0.2) is 24.5 Å².